The van der Waals surface area contributed by atoms with E-state index in [-0.39, 0.29) is 5.82 Å². The number of piperazine rings is 1. The normalized spacial score (nSPS) is 20.9. The van der Waals surface area contributed by atoms with Crippen LogP contribution in [0, 0.1) is 11.7 Å². The molecule has 0 N–H and O–H groups in total. The van der Waals surface area contributed by atoms with Crippen LogP contribution in [0.15, 0.2) is 24.3 Å². The van der Waals surface area contributed by atoms with Crippen LogP contribution in [0.25, 0.3) is 0 Å². The SMILES string of the molecule is O=C(CN1CCN(c2ccccc2F)CC1)C1CCCC1. The zero-order valence-electron chi connectivity index (χ0n) is 12.4. The number of Topliss-reactive ketones (excluding diaryl/α,β-unsaturated/α-hetero) is 1. The van der Waals surface area contributed by atoms with Crippen LogP contribution in [0.1, 0.15) is 25.7 Å². The van der Waals surface area contributed by atoms with Crippen molar-refractivity contribution in [2.24, 2.45) is 5.92 Å². The van der Waals surface area contributed by atoms with E-state index in [0.717, 1.165) is 39.0 Å². The number of halogens is 1. The minimum atomic E-state index is -0.159. The molecule has 0 atom stereocenters. The monoisotopic (exact) mass is 290 g/mol. The lowest BCUT2D eigenvalue weighted by atomic mass is 10.0. The van der Waals surface area contributed by atoms with Crippen molar-refractivity contribution in [2.45, 2.75) is 25.7 Å². The minimum absolute atomic E-state index is 0.159. The van der Waals surface area contributed by atoms with Gasteiger partial charge in [-0.05, 0) is 25.0 Å². The van der Waals surface area contributed by atoms with E-state index >= 15 is 0 Å². The molecule has 1 aromatic rings. The van der Waals surface area contributed by atoms with Gasteiger partial charge in [-0.1, -0.05) is 25.0 Å². The lowest BCUT2D eigenvalue weighted by Crippen LogP contribution is -2.48. The highest BCUT2D eigenvalue weighted by atomic mass is 19.1. The molecule has 0 radical (unpaired) electrons. The van der Waals surface area contributed by atoms with E-state index in [1.165, 1.54) is 18.9 Å². The first-order valence-electron chi connectivity index (χ1n) is 7.98. The standard InChI is InChI=1S/C17H23FN2O/c18-15-7-3-4-8-16(15)20-11-9-19(10-12-20)13-17(21)14-5-1-2-6-14/h3-4,7-8,14H,1-2,5-6,9-13H2. The molecule has 1 aliphatic carbocycles. The lowest BCUT2D eigenvalue weighted by molar-refractivity contribution is -0.123. The molecule has 2 aliphatic rings. The van der Waals surface area contributed by atoms with Crippen molar-refractivity contribution in [1.82, 2.24) is 4.90 Å². The van der Waals surface area contributed by atoms with Crippen LogP contribution < -0.4 is 4.90 Å². The Morgan fingerprint density at radius 1 is 1.10 bits per heavy atom. The summed E-state index contributed by atoms with van der Waals surface area (Å²) < 4.78 is 13.8. The quantitative estimate of drug-likeness (QED) is 0.852. The molecular weight excluding hydrogens is 267 g/mol. The maximum Gasteiger partial charge on any atom is 0.149 e. The van der Waals surface area contributed by atoms with E-state index in [0.29, 0.717) is 23.9 Å². The van der Waals surface area contributed by atoms with Gasteiger partial charge >= 0.3 is 0 Å². The number of carbonyl (C=O) groups excluding carboxylic acids is 1. The second-order valence-corrected chi connectivity index (χ2v) is 6.16. The molecule has 0 spiro atoms. The summed E-state index contributed by atoms with van der Waals surface area (Å²) in [6, 6.07) is 6.92. The van der Waals surface area contributed by atoms with E-state index < -0.39 is 0 Å². The third-order valence-corrected chi connectivity index (χ3v) is 4.76. The summed E-state index contributed by atoms with van der Waals surface area (Å²) in [7, 11) is 0. The third kappa shape index (κ3) is 3.43. The van der Waals surface area contributed by atoms with Gasteiger partial charge in [0.25, 0.3) is 0 Å². The van der Waals surface area contributed by atoms with Crippen LogP contribution in [-0.4, -0.2) is 43.4 Å². The molecule has 0 aromatic heterocycles. The van der Waals surface area contributed by atoms with Crippen molar-refractivity contribution in [3.63, 3.8) is 0 Å². The summed E-state index contributed by atoms with van der Waals surface area (Å²) in [5.41, 5.74) is 0.680. The number of benzene rings is 1. The Morgan fingerprint density at radius 3 is 2.43 bits per heavy atom. The number of nitrogens with zero attached hydrogens (tertiary/aromatic N) is 2. The second-order valence-electron chi connectivity index (χ2n) is 6.16. The number of ketones is 1. The fraction of sp³-hybridized carbons (Fsp3) is 0.588. The van der Waals surface area contributed by atoms with Crippen LogP contribution in [0.4, 0.5) is 10.1 Å². The van der Waals surface area contributed by atoms with Crippen molar-refractivity contribution in [2.75, 3.05) is 37.6 Å². The summed E-state index contributed by atoms with van der Waals surface area (Å²) >= 11 is 0. The van der Waals surface area contributed by atoms with Crippen molar-refractivity contribution in [3.8, 4) is 0 Å². The van der Waals surface area contributed by atoms with E-state index in [2.05, 4.69) is 9.80 Å². The molecule has 3 nitrogen and oxygen atoms in total. The first kappa shape index (κ1) is 14.5. The number of anilines is 1. The van der Waals surface area contributed by atoms with Crippen molar-refractivity contribution in [3.05, 3.63) is 30.1 Å². The Morgan fingerprint density at radius 2 is 1.76 bits per heavy atom. The highest BCUT2D eigenvalue weighted by Gasteiger charge is 2.26. The average molecular weight is 290 g/mol. The molecule has 1 saturated heterocycles. The highest BCUT2D eigenvalue weighted by Crippen LogP contribution is 2.26. The van der Waals surface area contributed by atoms with Gasteiger partial charge in [0.15, 0.2) is 0 Å². The molecule has 4 heteroatoms. The number of hydrogen-bond donors (Lipinski definition) is 0. The number of hydrogen-bond acceptors (Lipinski definition) is 3. The molecule has 0 unspecified atom stereocenters. The largest absolute Gasteiger partial charge is 0.367 e. The van der Waals surface area contributed by atoms with Crippen LogP contribution in [-0.2, 0) is 4.79 Å². The number of para-hydroxylation sites is 1. The van der Waals surface area contributed by atoms with Gasteiger partial charge in [0.1, 0.15) is 11.6 Å². The predicted molar refractivity (Wildman–Crippen MR) is 82.0 cm³/mol. The molecule has 1 aromatic carbocycles. The van der Waals surface area contributed by atoms with Gasteiger partial charge in [-0.3, -0.25) is 9.69 Å². The van der Waals surface area contributed by atoms with Crippen LogP contribution in [0.3, 0.4) is 0 Å². The van der Waals surface area contributed by atoms with Gasteiger partial charge in [0, 0.05) is 32.1 Å². The van der Waals surface area contributed by atoms with Gasteiger partial charge in [0.05, 0.1) is 12.2 Å². The molecule has 0 amide bonds. The molecule has 1 saturated carbocycles. The van der Waals surface area contributed by atoms with Gasteiger partial charge in [0.2, 0.25) is 0 Å². The maximum atomic E-state index is 13.8. The van der Waals surface area contributed by atoms with E-state index in [4.69, 9.17) is 0 Å². The van der Waals surface area contributed by atoms with Gasteiger partial charge in [-0.2, -0.15) is 0 Å². The van der Waals surface area contributed by atoms with Crippen LogP contribution >= 0.6 is 0 Å². The zero-order chi connectivity index (χ0) is 14.7. The van der Waals surface area contributed by atoms with Crippen molar-refractivity contribution < 1.29 is 9.18 Å². The first-order chi connectivity index (χ1) is 10.2. The average Bonchev–Trinajstić information content (AvgIpc) is 3.03. The molecule has 1 heterocycles. The summed E-state index contributed by atoms with van der Waals surface area (Å²) in [5.74, 6) is 0.550. The Labute approximate surface area is 125 Å². The smallest absolute Gasteiger partial charge is 0.149 e. The molecule has 2 fully saturated rings. The molecule has 3 rings (SSSR count). The Balaban J connectivity index is 1.51. The Hall–Kier alpha value is -1.42. The minimum Gasteiger partial charge on any atom is -0.367 e. The van der Waals surface area contributed by atoms with E-state index in [9.17, 15) is 9.18 Å². The summed E-state index contributed by atoms with van der Waals surface area (Å²) in [5, 5.41) is 0. The number of rotatable bonds is 4. The summed E-state index contributed by atoms with van der Waals surface area (Å²) in [4.78, 5) is 16.5. The predicted octanol–water partition coefficient (Wildman–Crippen LogP) is 2.71. The fourth-order valence-corrected chi connectivity index (χ4v) is 3.45. The third-order valence-electron chi connectivity index (χ3n) is 4.76. The topological polar surface area (TPSA) is 23.6 Å². The summed E-state index contributed by atoms with van der Waals surface area (Å²) in [6.07, 6.45) is 4.57. The van der Waals surface area contributed by atoms with Crippen molar-refractivity contribution >= 4 is 11.5 Å². The Kier molecular flexibility index (Phi) is 4.54. The van der Waals surface area contributed by atoms with Crippen molar-refractivity contribution in [1.29, 1.82) is 0 Å². The lowest BCUT2D eigenvalue weighted by Gasteiger charge is -2.36. The fourth-order valence-electron chi connectivity index (χ4n) is 3.45. The zero-order valence-corrected chi connectivity index (χ0v) is 12.4. The molecule has 1 aliphatic heterocycles. The first-order valence-corrected chi connectivity index (χ1v) is 7.98. The molecule has 21 heavy (non-hydrogen) atoms. The van der Waals surface area contributed by atoms with Gasteiger partial charge in [-0.15, -0.1) is 0 Å². The molecule has 114 valence electrons. The highest BCUT2D eigenvalue weighted by molar-refractivity contribution is 5.83. The van der Waals surface area contributed by atoms with Gasteiger partial charge in [-0.25, -0.2) is 4.39 Å². The Bertz CT molecular complexity index is 491. The van der Waals surface area contributed by atoms with E-state index in [1.54, 1.807) is 6.07 Å². The van der Waals surface area contributed by atoms with Gasteiger partial charge < -0.3 is 4.90 Å². The molecule has 0 bridgehead atoms. The molecular formula is C17H23FN2O. The number of carbonyl (C=O) groups is 1. The summed E-state index contributed by atoms with van der Waals surface area (Å²) in [6.45, 7) is 3.84. The van der Waals surface area contributed by atoms with E-state index in [1.807, 2.05) is 12.1 Å². The maximum absolute atomic E-state index is 13.8. The second kappa shape index (κ2) is 6.56. The van der Waals surface area contributed by atoms with Crippen LogP contribution in [0.2, 0.25) is 0 Å². The van der Waals surface area contributed by atoms with Crippen LogP contribution in [0.5, 0.6) is 0 Å².